The summed E-state index contributed by atoms with van der Waals surface area (Å²) in [6.07, 6.45) is 3.92. The fourth-order valence-electron chi connectivity index (χ4n) is 3.11. The lowest BCUT2D eigenvalue weighted by Gasteiger charge is -2.48. The minimum Gasteiger partial charge on any atom is -0.329 e. The third kappa shape index (κ3) is 2.73. The van der Waals surface area contributed by atoms with Crippen molar-refractivity contribution in [2.75, 3.05) is 51.3 Å². The molecule has 2 heterocycles. The van der Waals surface area contributed by atoms with Crippen LogP contribution in [0, 0.1) is 0 Å². The van der Waals surface area contributed by atoms with Gasteiger partial charge in [-0.1, -0.05) is 0 Å². The number of nitrogens with zero attached hydrogens (tertiary/aromatic N) is 2. The van der Waals surface area contributed by atoms with Crippen molar-refractivity contribution in [3.05, 3.63) is 0 Å². The largest absolute Gasteiger partial charge is 0.329 e. The zero-order valence-electron chi connectivity index (χ0n) is 10.5. The number of nitrogens with two attached hydrogens (primary N) is 1. The second-order valence-electron chi connectivity index (χ2n) is 5.22. The van der Waals surface area contributed by atoms with Gasteiger partial charge in [-0.05, 0) is 45.2 Å². The fraction of sp³-hybridized carbons (Fsp3) is 1.00. The quantitative estimate of drug-likeness (QED) is 0.779. The normalized spacial score (nSPS) is 34.9. The molecule has 2 N–H and O–H groups in total. The Balaban J connectivity index is 2.05. The number of hydrogen-bond acceptors (Lipinski definition) is 4. The maximum Gasteiger partial charge on any atom is 0.0459 e. The molecule has 0 saturated carbocycles. The molecule has 1 unspecified atom stereocenters. The SMILES string of the molecule is CN1CCCC(CN)(N2CCCSCC2)C1. The van der Waals surface area contributed by atoms with Crippen LogP contribution in [0.15, 0.2) is 0 Å². The molecule has 0 bridgehead atoms. The number of hydrogen-bond donors (Lipinski definition) is 1. The molecular formula is C12H25N3S. The van der Waals surface area contributed by atoms with Crippen LogP contribution >= 0.6 is 11.8 Å². The molecule has 0 amide bonds. The van der Waals surface area contributed by atoms with Crippen molar-refractivity contribution in [3.8, 4) is 0 Å². The molecule has 0 radical (unpaired) electrons. The molecule has 2 aliphatic rings. The van der Waals surface area contributed by atoms with Crippen LogP contribution in [0.1, 0.15) is 19.3 Å². The summed E-state index contributed by atoms with van der Waals surface area (Å²) in [4.78, 5) is 5.14. The number of likely N-dealkylation sites (N-methyl/N-ethyl adjacent to an activating group) is 1. The second kappa shape index (κ2) is 5.71. The molecule has 0 aliphatic carbocycles. The highest BCUT2D eigenvalue weighted by atomic mass is 32.2. The summed E-state index contributed by atoms with van der Waals surface area (Å²) >= 11 is 2.10. The van der Waals surface area contributed by atoms with Crippen LogP contribution in [0.4, 0.5) is 0 Å². The van der Waals surface area contributed by atoms with Crippen molar-refractivity contribution in [2.45, 2.75) is 24.8 Å². The lowest BCUT2D eigenvalue weighted by molar-refractivity contribution is 0.0313. The van der Waals surface area contributed by atoms with Crippen molar-refractivity contribution in [1.29, 1.82) is 0 Å². The summed E-state index contributed by atoms with van der Waals surface area (Å²) in [6, 6.07) is 0. The Bertz CT molecular complexity index is 216. The van der Waals surface area contributed by atoms with E-state index >= 15 is 0 Å². The zero-order valence-corrected chi connectivity index (χ0v) is 11.3. The summed E-state index contributed by atoms with van der Waals surface area (Å²) in [5, 5.41) is 0. The molecule has 0 aromatic rings. The summed E-state index contributed by atoms with van der Waals surface area (Å²) in [7, 11) is 2.23. The van der Waals surface area contributed by atoms with Gasteiger partial charge in [-0.15, -0.1) is 0 Å². The van der Waals surface area contributed by atoms with Gasteiger partial charge in [0.25, 0.3) is 0 Å². The van der Waals surface area contributed by atoms with Gasteiger partial charge < -0.3 is 10.6 Å². The van der Waals surface area contributed by atoms with Gasteiger partial charge in [-0.2, -0.15) is 11.8 Å². The maximum absolute atomic E-state index is 6.11. The molecule has 16 heavy (non-hydrogen) atoms. The fourth-order valence-corrected chi connectivity index (χ4v) is 4.00. The van der Waals surface area contributed by atoms with Crippen LogP contribution in [0.3, 0.4) is 0 Å². The Labute approximate surface area is 104 Å². The molecule has 2 fully saturated rings. The third-order valence-electron chi connectivity index (χ3n) is 4.02. The molecule has 2 rings (SSSR count). The van der Waals surface area contributed by atoms with E-state index in [9.17, 15) is 0 Å². The monoisotopic (exact) mass is 243 g/mol. The highest BCUT2D eigenvalue weighted by Crippen LogP contribution is 2.28. The van der Waals surface area contributed by atoms with E-state index in [4.69, 9.17) is 5.73 Å². The lowest BCUT2D eigenvalue weighted by atomic mass is 9.87. The Morgan fingerprint density at radius 1 is 1.19 bits per heavy atom. The minimum absolute atomic E-state index is 0.276. The predicted octanol–water partition coefficient (Wildman–Crippen LogP) is 0.848. The Morgan fingerprint density at radius 3 is 2.81 bits per heavy atom. The van der Waals surface area contributed by atoms with Crippen molar-refractivity contribution in [3.63, 3.8) is 0 Å². The summed E-state index contributed by atoms with van der Waals surface area (Å²) in [6.45, 7) is 5.70. The summed E-state index contributed by atoms with van der Waals surface area (Å²) in [5.74, 6) is 2.61. The van der Waals surface area contributed by atoms with Crippen LogP contribution in [0.25, 0.3) is 0 Å². The van der Waals surface area contributed by atoms with Gasteiger partial charge in [0.05, 0.1) is 0 Å². The van der Waals surface area contributed by atoms with Crippen LogP contribution < -0.4 is 5.73 Å². The average Bonchev–Trinajstić information content (AvgIpc) is 2.57. The van der Waals surface area contributed by atoms with Crippen molar-refractivity contribution < 1.29 is 0 Å². The van der Waals surface area contributed by atoms with E-state index in [0.717, 1.165) is 13.1 Å². The molecule has 2 saturated heterocycles. The van der Waals surface area contributed by atoms with Crippen LogP contribution in [0.2, 0.25) is 0 Å². The van der Waals surface area contributed by atoms with Gasteiger partial charge in [-0.3, -0.25) is 4.90 Å². The summed E-state index contributed by atoms with van der Waals surface area (Å²) < 4.78 is 0. The Hall–Kier alpha value is 0.230. The van der Waals surface area contributed by atoms with Gasteiger partial charge in [0.15, 0.2) is 0 Å². The molecule has 0 spiro atoms. The highest BCUT2D eigenvalue weighted by Gasteiger charge is 2.38. The van der Waals surface area contributed by atoms with E-state index in [1.807, 2.05) is 0 Å². The van der Waals surface area contributed by atoms with E-state index in [2.05, 4.69) is 28.6 Å². The average molecular weight is 243 g/mol. The lowest BCUT2D eigenvalue weighted by Crippen LogP contribution is -2.62. The number of piperidine rings is 1. The topological polar surface area (TPSA) is 32.5 Å². The number of rotatable bonds is 2. The molecule has 94 valence electrons. The first-order chi connectivity index (χ1) is 7.77. The van der Waals surface area contributed by atoms with E-state index in [0.29, 0.717) is 0 Å². The van der Waals surface area contributed by atoms with Gasteiger partial charge in [0.2, 0.25) is 0 Å². The molecule has 3 nitrogen and oxygen atoms in total. The Kier molecular flexibility index (Phi) is 4.53. The molecular weight excluding hydrogens is 218 g/mol. The van der Waals surface area contributed by atoms with Crippen molar-refractivity contribution in [2.24, 2.45) is 5.73 Å². The van der Waals surface area contributed by atoms with Crippen molar-refractivity contribution in [1.82, 2.24) is 9.80 Å². The second-order valence-corrected chi connectivity index (χ2v) is 6.45. The first kappa shape index (κ1) is 12.7. The molecule has 0 aromatic carbocycles. The highest BCUT2D eigenvalue weighted by molar-refractivity contribution is 7.99. The molecule has 1 atom stereocenters. The summed E-state index contributed by atoms with van der Waals surface area (Å²) in [5.41, 5.74) is 6.38. The number of likely N-dealkylation sites (tertiary alicyclic amines) is 1. The molecule has 4 heteroatoms. The predicted molar refractivity (Wildman–Crippen MR) is 72.0 cm³/mol. The van der Waals surface area contributed by atoms with Gasteiger partial charge >= 0.3 is 0 Å². The van der Waals surface area contributed by atoms with Crippen molar-refractivity contribution >= 4 is 11.8 Å². The van der Waals surface area contributed by atoms with Gasteiger partial charge in [0, 0.05) is 30.9 Å². The van der Waals surface area contributed by atoms with Gasteiger partial charge in [-0.25, -0.2) is 0 Å². The van der Waals surface area contributed by atoms with Crippen LogP contribution in [-0.2, 0) is 0 Å². The van der Waals surface area contributed by atoms with Gasteiger partial charge in [0.1, 0.15) is 0 Å². The number of thioether (sulfide) groups is 1. The maximum atomic E-state index is 6.11. The van der Waals surface area contributed by atoms with E-state index < -0.39 is 0 Å². The van der Waals surface area contributed by atoms with E-state index in [-0.39, 0.29) is 5.54 Å². The van der Waals surface area contributed by atoms with Crippen LogP contribution in [0.5, 0.6) is 0 Å². The van der Waals surface area contributed by atoms with Crippen LogP contribution in [-0.4, -0.2) is 66.6 Å². The smallest absolute Gasteiger partial charge is 0.0459 e. The zero-order chi connectivity index (χ0) is 11.4. The third-order valence-corrected chi connectivity index (χ3v) is 5.07. The molecule has 0 aromatic heterocycles. The molecule has 2 aliphatic heterocycles. The Morgan fingerprint density at radius 2 is 2.06 bits per heavy atom. The standard InChI is InChI=1S/C12H25N3S/c1-14-5-2-4-12(10-13,11-14)15-6-3-8-16-9-7-15/h2-11,13H2,1H3. The van der Waals surface area contributed by atoms with E-state index in [1.165, 1.54) is 50.4 Å². The van der Waals surface area contributed by atoms with E-state index in [1.54, 1.807) is 0 Å². The first-order valence-corrected chi connectivity index (χ1v) is 7.64. The minimum atomic E-state index is 0.276. The first-order valence-electron chi connectivity index (χ1n) is 6.48.